The topological polar surface area (TPSA) is 33.0 Å². The normalized spacial score (nSPS) is 15.8. The first-order valence-electron chi connectivity index (χ1n) is 6.85. The first-order valence-corrected chi connectivity index (χ1v) is 6.85. The molecular weight excluding hydrogens is 246 g/mol. The van der Waals surface area contributed by atoms with Crippen LogP contribution in [0.3, 0.4) is 0 Å². The van der Waals surface area contributed by atoms with Gasteiger partial charge < -0.3 is 4.74 Å². The summed E-state index contributed by atoms with van der Waals surface area (Å²) < 4.78 is 6.02. The lowest BCUT2D eigenvalue weighted by Crippen LogP contribution is -2.29. The van der Waals surface area contributed by atoms with E-state index in [0.29, 0.717) is 12.2 Å². The van der Waals surface area contributed by atoms with E-state index in [2.05, 4.69) is 19.9 Å². The molecule has 0 amide bonds. The number of hydrogen-bond acceptors (Lipinski definition) is 2. The molecule has 1 aliphatic rings. The van der Waals surface area contributed by atoms with Crippen molar-refractivity contribution in [3.8, 4) is 22.9 Å². The van der Waals surface area contributed by atoms with Crippen LogP contribution in [-0.2, 0) is 6.42 Å². The van der Waals surface area contributed by atoms with Gasteiger partial charge in [-0.3, -0.25) is 0 Å². The van der Waals surface area contributed by atoms with E-state index in [-0.39, 0.29) is 5.41 Å². The lowest BCUT2D eigenvalue weighted by Gasteiger charge is -2.33. The maximum absolute atomic E-state index is 9.38. The molecule has 2 heteroatoms. The highest BCUT2D eigenvalue weighted by Gasteiger charge is 2.29. The Kier molecular flexibility index (Phi) is 2.99. The second-order valence-corrected chi connectivity index (χ2v) is 6.08. The fraction of sp³-hybridized carbons (Fsp3) is 0.278. The molecule has 1 aliphatic heterocycles. The summed E-state index contributed by atoms with van der Waals surface area (Å²) in [6.07, 6.45) is 0.980. The van der Waals surface area contributed by atoms with Crippen LogP contribution in [0.5, 0.6) is 5.75 Å². The second kappa shape index (κ2) is 4.68. The van der Waals surface area contributed by atoms with Gasteiger partial charge in [0.2, 0.25) is 0 Å². The average Bonchev–Trinajstić information content (AvgIpc) is 2.46. The zero-order valence-corrected chi connectivity index (χ0v) is 11.8. The van der Waals surface area contributed by atoms with Crippen molar-refractivity contribution >= 4 is 0 Å². The summed E-state index contributed by atoms with van der Waals surface area (Å²) in [5.74, 6) is 0.884. The summed E-state index contributed by atoms with van der Waals surface area (Å²) in [5, 5.41) is 9.38. The molecule has 20 heavy (non-hydrogen) atoms. The van der Waals surface area contributed by atoms with Crippen molar-refractivity contribution in [3.05, 3.63) is 53.6 Å². The zero-order chi connectivity index (χ0) is 14.2. The summed E-state index contributed by atoms with van der Waals surface area (Å²) >= 11 is 0. The Morgan fingerprint density at radius 1 is 1.10 bits per heavy atom. The fourth-order valence-electron chi connectivity index (χ4n) is 2.75. The number of rotatable bonds is 1. The van der Waals surface area contributed by atoms with Crippen LogP contribution in [0.25, 0.3) is 11.1 Å². The summed E-state index contributed by atoms with van der Waals surface area (Å²) in [4.78, 5) is 0. The van der Waals surface area contributed by atoms with Crippen molar-refractivity contribution in [1.29, 1.82) is 5.26 Å². The molecule has 0 radical (unpaired) electrons. The van der Waals surface area contributed by atoms with Gasteiger partial charge in [-0.25, -0.2) is 0 Å². The molecular formula is C18H17NO. The highest BCUT2D eigenvalue weighted by molar-refractivity contribution is 5.78. The third-order valence-corrected chi connectivity index (χ3v) is 3.70. The van der Waals surface area contributed by atoms with Crippen molar-refractivity contribution in [2.75, 3.05) is 6.61 Å². The van der Waals surface area contributed by atoms with Gasteiger partial charge in [-0.15, -0.1) is 0 Å². The number of nitrogens with zero attached hydrogens (tertiary/aromatic N) is 1. The molecule has 2 aromatic rings. The van der Waals surface area contributed by atoms with Gasteiger partial charge in [0.05, 0.1) is 18.2 Å². The number of hydrogen-bond donors (Lipinski definition) is 0. The number of nitriles is 1. The van der Waals surface area contributed by atoms with Crippen molar-refractivity contribution in [3.63, 3.8) is 0 Å². The molecule has 1 heterocycles. The fourth-order valence-corrected chi connectivity index (χ4v) is 2.75. The standard InChI is InChI=1S/C18H17NO/c1-18(2)10-14-8-9-15(11-19)16(17(14)20-12-18)13-6-4-3-5-7-13/h3-9H,10,12H2,1-2H3. The Morgan fingerprint density at radius 3 is 2.55 bits per heavy atom. The average molecular weight is 263 g/mol. The first kappa shape index (κ1) is 12.7. The Labute approximate surface area is 119 Å². The van der Waals surface area contributed by atoms with E-state index in [1.165, 1.54) is 5.56 Å². The molecule has 0 aromatic heterocycles. The maximum atomic E-state index is 9.38. The Bertz CT molecular complexity index is 681. The number of benzene rings is 2. The highest BCUT2D eigenvalue weighted by Crippen LogP contribution is 2.42. The molecule has 2 aromatic carbocycles. The van der Waals surface area contributed by atoms with Crippen LogP contribution in [0, 0.1) is 16.7 Å². The van der Waals surface area contributed by atoms with Crippen LogP contribution in [0.1, 0.15) is 25.0 Å². The van der Waals surface area contributed by atoms with Crippen LogP contribution in [0.2, 0.25) is 0 Å². The molecule has 0 N–H and O–H groups in total. The van der Waals surface area contributed by atoms with Gasteiger partial charge in [-0.1, -0.05) is 50.2 Å². The number of fused-ring (bicyclic) bond motifs is 1. The number of ether oxygens (including phenoxy) is 1. The van der Waals surface area contributed by atoms with Gasteiger partial charge in [-0.05, 0) is 23.6 Å². The SMILES string of the molecule is CC1(C)COc2c(ccc(C#N)c2-c2ccccc2)C1. The molecule has 0 unspecified atom stereocenters. The van der Waals surface area contributed by atoms with Crippen LogP contribution in [-0.4, -0.2) is 6.61 Å². The van der Waals surface area contributed by atoms with Gasteiger partial charge in [0.15, 0.2) is 0 Å². The second-order valence-electron chi connectivity index (χ2n) is 6.08. The van der Waals surface area contributed by atoms with Crippen molar-refractivity contribution in [1.82, 2.24) is 0 Å². The Morgan fingerprint density at radius 2 is 1.85 bits per heavy atom. The van der Waals surface area contributed by atoms with Crippen LogP contribution < -0.4 is 4.74 Å². The molecule has 0 atom stereocenters. The van der Waals surface area contributed by atoms with Crippen LogP contribution >= 0.6 is 0 Å². The van der Waals surface area contributed by atoms with E-state index in [9.17, 15) is 5.26 Å². The molecule has 0 aliphatic carbocycles. The minimum absolute atomic E-state index is 0.148. The Balaban J connectivity index is 2.21. The molecule has 0 spiro atoms. The molecule has 2 nitrogen and oxygen atoms in total. The first-order chi connectivity index (χ1) is 9.61. The summed E-state index contributed by atoms with van der Waals surface area (Å²) in [7, 11) is 0. The van der Waals surface area contributed by atoms with Crippen LogP contribution in [0.4, 0.5) is 0 Å². The predicted molar refractivity (Wildman–Crippen MR) is 79.6 cm³/mol. The largest absolute Gasteiger partial charge is 0.492 e. The monoisotopic (exact) mass is 263 g/mol. The molecule has 0 fully saturated rings. The minimum atomic E-state index is 0.148. The molecule has 0 saturated carbocycles. The van der Waals surface area contributed by atoms with Gasteiger partial charge in [0.25, 0.3) is 0 Å². The van der Waals surface area contributed by atoms with Gasteiger partial charge in [-0.2, -0.15) is 5.26 Å². The third-order valence-electron chi connectivity index (χ3n) is 3.70. The lowest BCUT2D eigenvalue weighted by atomic mass is 9.82. The minimum Gasteiger partial charge on any atom is -0.492 e. The van der Waals surface area contributed by atoms with E-state index in [1.807, 2.05) is 42.5 Å². The molecule has 0 bridgehead atoms. The van der Waals surface area contributed by atoms with Crippen LogP contribution in [0.15, 0.2) is 42.5 Å². The van der Waals surface area contributed by atoms with Crippen molar-refractivity contribution < 1.29 is 4.74 Å². The lowest BCUT2D eigenvalue weighted by molar-refractivity contribution is 0.155. The smallest absolute Gasteiger partial charge is 0.131 e. The predicted octanol–water partition coefficient (Wildman–Crippen LogP) is 4.19. The van der Waals surface area contributed by atoms with E-state index in [1.54, 1.807) is 0 Å². The molecule has 100 valence electrons. The molecule has 3 rings (SSSR count). The van der Waals surface area contributed by atoms with Gasteiger partial charge >= 0.3 is 0 Å². The van der Waals surface area contributed by atoms with Gasteiger partial charge in [0.1, 0.15) is 5.75 Å². The van der Waals surface area contributed by atoms with E-state index < -0.39 is 0 Å². The summed E-state index contributed by atoms with van der Waals surface area (Å²) in [6.45, 7) is 5.10. The van der Waals surface area contributed by atoms with Gasteiger partial charge in [0, 0.05) is 11.0 Å². The third kappa shape index (κ3) is 2.16. The zero-order valence-electron chi connectivity index (χ0n) is 11.8. The maximum Gasteiger partial charge on any atom is 0.131 e. The Hall–Kier alpha value is -2.27. The summed E-state index contributed by atoms with van der Waals surface area (Å²) in [5.41, 5.74) is 3.99. The molecule has 0 saturated heterocycles. The van der Waals surface area contributed by atoms with Crippen molar-refractivity contribution in [2.24, 2.45) is 5.41 Å². The van der Waals surface area contributed by atoms with Crippen molar-refractivity contribution in [2.45, 2.75) is 20.3 Å². The van der Waals surface area contributed by atoms with E-state index >= 15 is 0 Å². The summed E-state index contributed by atoms with van der Waals surface area (Å²) in [6, 6.07) is 16.2. The quantitative estimate of drug-likeness (QED) is 0.773. The van der Waals surface area contributed by atoms with E-state index in [4.69, 9.17) is 4.74 Å². The highest BCUT2D eigenvalue weighted by atomic mass is 16.5. The van der Waals surface area contributed by atoms with E-state index in [0.717, 1.165) is 23.3 Å².